The van der Waals surface area contributed by atoms with Crippen LogP contribution in [0.15, 0.2) is 12.1 Å². The Kier molecular flexibility index (Phi) is 4.48. The van der Waals surface area contributed by atoms with Gasteiger partial charge in [0.1, 0.15) is 0 Å². The molecule has 0 radical (unpaired) electrons. The van der Waals surface area contributed by atoms with Gasteiger partial charge in [-0.15, -0.1) is 0 Å². The average molecular weight is 254 g/mol. The van der Waals surface area contributed by atoms with Gasteiger partial charge in [0, 0.05) is 16.6 Å². The highest BCUT2D eigenvalue weighted by molar-refractivity contribution is 6.44. The number of benzene rings is 1. The van der Waals surface area contributed by atoms with Gasteiger partial charge in [0.15, 0.2) is 0 Å². The molecular weight excluding hydrogens is 242 g/mol. The van der Waals surface area contributed by atoms with E-state index in [-0.39, 0.29) is 6.04 Å². The zero-order valence-corrected chi connectivity index (χ0v) is 9.70. The van der Waals surface area contributed by atoms with Crippen molar-refractivity contribution in [2.75, 3.05) is 6.54 Å². The van der Waals surface area contributed by atoms with Crippen molar-refractivity contribution in [2.24, 2.45) is 11.5 Å². The minimum absolute atomic E-state index is 0.265. The first-order valence-corrected chi connectivity index (χ1v) is 5.30. The zero-order valence-electron chi connectivity index (χ0n) is 7.43. The SMILES string of the molecule is NCC[C@H](N)c1c(Cl)ccc(Cl)c1Cl. The minimum atomic E-state index is -0.265. The maximum absolute atomic E-state index is 5.99. The molecule has 1 aromatic rings. The Labute approximate surface area is 98.1 Å². The van der Waals surface area contributed by atoms with Gasteiger partial charge in [0.2, 0.25) is 0 Å². The summed E-state index contributed by atoms with van der Waals surface area (Å²) in [5.41, 5.74) is 11.9. The summed E-state index contributed by atoms with van der Waals surface area (Å²) >= 11 is 17.8. The highest BCUT2D eigenvalue weighted by Gasteiger charge is 2.15. The van der Waals surface area contributed by atoms with Gasteiger partial charge in [-0.1, -0.05) is 34.8 Å². The van der Waals surface area contributed by atoms with Crippen LogP contribution in [0, 0.1) is 0 Å². The molecule has 0 aliphatic heterocycles. The summed E-state index contributed by atoms with van der Waals surface area (Å²) in [5.74, 6) is 0. The first-order chi connectivity index (χ1) is 6.57. The summed E-state index contributed by atoms with van der Waals surface area (Å²) in [6.07, 6.45) is 0.625. The maximum atomic E-state index is 5.99. The van der Waals surface area contributed by atoms with Crippen LogP contribution in [-0.4, -0.2) is 6.54 Å². The molecule has 1 rings (SSSR count). The van der Waals surface area contributed by atoms with Gasteiger partial charge in [-0.05, 0) is 25.1 Å². The quantitative estimate of drug-likeness (QED) is 0.814. The summed E-state index contributed by atoms with van der Waals surface area (Å²) in [6, 6.07) is 3.06. The largest absolute Gasteiger partial charge is 0.330 e. The Bertz CT molecular complexity index is 328. The number of hydrogen-bond acceptors (Lipinski definition) is 2. The topological polar surface area (TPSA) is 52.0 Å². The molecule has 0 spiro atoms. The lowest BCUT2D eigenvalue weighted by Gasteiger charge is -2.15. The highest BCUT2D eigenvalue weighted by Crippen LogP contribution is 2.35. The summed E-state index contributed by atoms with van der Waals surface area (Å²) in [5, 5.41) is 1.40. The zero-order chi connectivity index (χ0) is 10.7. The summed E-state index contributed by atoms with van der Waals surface area (Å²) in [4.78, 5) is 0. The predicted molar refractivity (Wildman–Crippen MR) is 62.1 cm³/mol. The molecule has 0 saturated carbocycles. The van der Waals surface area contributed by atoms with Crippen molar-refractivity contribution in [3.8, 4) is 0 Å². The Balaban J connectivity index is 3.11. The molecule has 78 valence electrons. The third kappa shape index (κ3) is 2.53. The van der Waals surface area contributed by atoms with Gasteiger partial charge in [0.25, 0.3) is 0 Å². The Morgan fingerprint density at radius 1 is 1.14 bits per heavy atom. The number of halogens is 3. The lowest BCUT2D eigenvalue weighted by Crippen LogP contribution is -2.16. The molecule has 0 amide bonds. The van der Waals surface area contributed by atoms with Crippen LogP contribution in [0.25, 0.3) is 0 Å². The van der Waals surface area contributed by atoms with Gasteiger partial charge in [-0.2, -0.15) is 0 Å². The van der Waals surface area contributed by atoms with Crippen molar-refractivity contribution in [2.45, 2.75) is 12.5 Å². The molecular formula is C9H11Cl3N2. The summed E-state index contributed by atoms with van der Waals surface area (Å²) in [7, 11) is 0. The third-order valence-corrected chi connectivity index (χ3v) is 3.08. The van der Waals surface area contributed by atoms with E-state index in [4.69, 9.17) is 46.3 Å². The number of rotatable bonds is 3. The number of hydrogen-bond donors (Lipinski definition) is 2. The van der Waals surface area contributed by atoms with Crippen molar-refractivity contribution >= 4 is 34.8 Å². The van der Waals surface area contributed by atoms with E-state index in [1.54, 1.807) is 12.1 Å². The molecule has 1 atom stereocenters. The van der Waals surface area contributed by atoms with E-state index in [2.05, 4.69) is 0 Å². The van der Waals surface area contributed by atoms with Crippen LogP contribution in [0.4, 0.5) is 0 Å². The molecule has 0 heterocycles. The predicted octanol–water partition coefficient (Wildman–Crippen LogP) is 3.00. The Morgan fingerprint density at radius 2 is 1.71 bits per heavy atom. The van der Waals surface area contributed by atoms with Gasteiger partial charge in [-0.3, -0.25) is 0 Å². The fourth-order valence-electron chi connectivity index (χ4n) is 1.21. The average Bonchev–Trinajstić information content (AvgIpc) is 2.13. The van der Waals surface area contributed by atoms with Crippen molar-refractivity contribution in [3.05, 3.63) is 32.8 Å². The fourth-order valence-corrected chi connectivity index (χ4v) is 2.02. The van der Waals surface area contributed by atoms with E-state index in [1.165, 1.54) is 0 Å². The van der Waals surface area contributed by atoms with Crippen LogP contribution in [0.2, 0.25) is 15.1 Å². The van der Waals surface area contributed by atoms with Crippen LogP contribution in [0.3, 0.4) is 0 Å². The van der Waals surface area contributed by atoms with E-state index >= 15 is 0 Å². The van der Waals surface area contributed by atoms with Crippen molar-refractivity contribution < 1.29 is 0 Å². The second-order valence-electron chi connectivity index (χ2n) is 2.94. The maximum Gasteiger partial charge on any atom is 0.0654 e. The van der Waals surface area contributed by atoms with Crippen molar-refractivity contribution in [3.63, 3.8) is 0 Å². The second kappa shape index (κ2) is 5.19. The van der Waals surface area contributed by atoms with Gasteiger partial charge in [-0.25, -0.2) is 0 Å². The van der Waals surface area contributed by atoms with E-state index in [0.29, 0.717) is 33.6 Å². The van der Waals surface area contributed by atoms with Crippen molar-refractivity contribution in [1.82, 2.24) is 0 Å². The van der Waals surface area contributed by atoms with Crippen LogP contribution in [0.1, 0.15) is 18.0 Å². The molecule has 0 saturated heterocycles. The Hall–Kier alpha value is 0.01000. The van der Waals surface area contributed by atoms with Gasteiger partial charge < -0.3 is 11.5 Å². The van der Waals surface area contributed by atoms with Crippen LogP contribution in [0.5, 0.6) is 0 Å². The minimum Gasteiger partial charge on any atom is -0.330 e. The molecule has 14 heavy (non-hydrogen) atoms. The van der Waals surface area contributed by atoms with Crippen LogP contribution < -0.4 is 11.5 Å². The highest BCUT2D eigenvalue weighted by atomic mass is 35.5. The van der Waals surface area contributed by atoms with Gasteiger partial charge >= 0.3 is 0 Å². The first-order valence-electron chi connectivity index (χ1n) is 4.17. The first kappa shape index (κ1) is 12.1. The lowest BCUT2D eigenvalue weighted by molar-refractivity contribution is 0.662. The molecule has 0 aliphatic carbocycles. The van der Waals surface area contributed by atoms with E-state index in [1.807, 2.05) is 0 Å². The molecule has 5 heteroatoms. The van der Waals surface area contributed by atoms with Crippen LogP contribution in [-0.2, 0) is 0 Å². The summed E-state index contributed by atoms with van der Waals surface area (Å²) < 4.78 is 0. The molecule has 0 bridgehead atoms. The molecule has 0 unspecified atom stereocenters. The van der Waals surface area contributed by atoms with E-state index in [0.717, 1.165) is 0 Å². The monoisotopic (exact) mass is 252 g/mol. The molecule has 4 N–H and O–H groups in total. The molecule has 2 nitrogen and oxygen atoms in total. The van der Waals surface area contributed by atoms with Crippen LogP contribution >= 0.6 is 34.8 Å². The normalized spacial score (nSPS) is 12.9. The Morgan fingerprint density at radius 3 is 2.29 bits per heavy atom. The van der Waals surface area contributed by atoms with Gasteiger partial charge in [0.05, 0.1) is 10.0 Å². The third-order valence-electron chi connectivity index (χ3n) is 1.93. The molecule has 0 aliphatic rings. The number of nitrogens with two attached hydrogens (primary N) is 2. The standard InChI is InChI=1S/C9H11Cl3N2/c10-5-1-2-6(11)9(12)8(5)7(14)3-4-13/h1-2,7H,3-4,13-14H2/t7-/m0/s1. The summed E-state index contributed by atoms with van der Waals surface area (Å²) in [6.45, 7) is 0.486. The second-order valence-corrected chi connectivity index (χ2v) is 4.13. The van der Waals surface area contributed by atoms with Crippen molar-refractivity contribution in [1.29, 1.82) is 0 Å². The van der Waals surface area contributed by atoms with E-state index in [9.17, 15) is 0 Å². The molecule has 0 fully saturated rings. The van der Waals surface area contributed by atoms with E-state index < -0.39 is 0 Å². The molecule has 1 aromatic carbocycles. The lowest BCUT2D eigenvalue weighted by atomic mass is 10.0. The smallest absolute Gasteiger partial charge is 0.0654 e. The molecule has 0 aromatic heterocycles. The fraction of sp³-hybridized carbons (Fsp3) is 0.333.